The Balaban J connectivity index is 1.78. The Morgan fingerprint density at radius 3 is 2.53 bits per heavy atom. The second kappa shape index (κ2) is 7.80. The highest BCUT2D eigenvalue weighted by Gasteiger charge is 2.32. The number of halogens is 4. The molecule has 0 radical (unpaired) electrons. The van der Waals surface area contributed by atoms with Crippen LogP contribution in [0.4, 0.5) is 13.2 Å². The molecule has 2 aromatic carbocycles. The van der Waals surface area contributed by atoms with Crippen molar-refractivity contribution in [3.8, 4) is 5.75 Å². The van der Waals surface area contributed by atoms with Gasteiger partial charge in [-0.1, -0.05) is 17.7 Å². The van der Waals surface area contributed by atoms with Crippen molar-refractivity contribution in [2.24, 2.45) is 0 Å². The second-order valence-electron chi connectivity index (χ2n) is 6.45. The summed E-state index contributed by atoms with van der Waals surface area (Å²) in [4.78, 5) is 24.9. The van der Waals surface area contributed by atoms with Gasteiger partial charge in [-0.05, 0) is 41.5 Å². The van der Waals surface area contributed by atoms with Crippen LogP contribution in [0.5, 0.6) is 5.75 Å². The third-order valence-corrected chi connectivity index (χ3v) is 5.87. The van der Waals surface area contributed by atoms with Gasteiger partial charge in [0.1, 0.15) is 5.75 Å². The monoisotopic (exact) mass is 462 g/mol. The second-order valence-corrected chi connectivity index (χ2v) is 8.54. The number of hydrogen-bond acceptors (Lipinski definition) is 5. The maximum atomic E-state index is 12.6. The van der Waals surface area contributed by atoms with E-state index in [1.165, 1.54) is 35.2 Å². The molecule has 3 rings (SSSR count). The maximum absolute atomic E-state index is 12.6. The van der Waals surface area contributed by atoms with Crippen LogP contribution in [0.1, 0.15) is 28.4 Å². The van der Waals surface area contributed by atoms with Gasteiger partial charge in [0.2, 0.25) is 5.91 Å². The largest absolute Gasteiger partial charge is 0.573 e. The van der Waals surface area contributed by atoms with Gasteiger partial charge in [-0.2, -0.15) is 0 Å². The molecule has 0 aromatic heterocycles. The van der Waals surface area contributed by atoms with E-state index in [0.717, 1.165) is 13.0 Å². The topological polar surface area (TPSA) is 92.8 Å². The van der Waals surface area contributed by atoms with Gasteiger partial charge in [0, 0.05) is 25.6 Å². The van der Waals surface area contributed by atoms with Gasteiger partial charge in [0.05, 0.1) is 9.92 Å². The minimum atomic E-state index is -4.88. The van der Waals surface area contributed by atoms with Crippen LogP contribution in [0.3, 0.4) is 0 Å². The summed E-state index contributed by atoms with van der Waals surface area (Å²) in [5, 5.41) is -0.266. The average molecular weight is 463 g/mol. The third kappa shape index (κ3) is 4.85. The molecule has 7 nitrogen and oxygen atoms in total. The molecule has 2 aromatic rings. The van der Waals surface area contributed by atoms with Gasteiger partial charge < -0.3 is 9.64 Å². The fourth-order valence-electron chi connectivity index (χ4n) is 2.97. The van der Waals surface area contributed by atoms with E-state index in [0.29, 0.717) is 16.7 Å². The number of rotatable bonds is 5. The average Bonchev–Trinajstić information content (AvgIpc) is 2.90. The van der Waals surface area contributed by atoms with Crippen LogP contribution in [0, 0.1) is 0 Å². The van der Waals surface area contributed by atoms with E-state index < -0.39 is 28.0 Å². The molecule has 0 saturated carbocycles. The SMILES string of the molecule is CC(=O)NS(=O)(=O)c1ccc2c(c1)CN(Cc1ccc(OC(F)(F)F)c(Cl)c1)C2=O. The first kappa shape index (κ1) is 21.9. The van der Waals surface area contributed by atoms with Crippen LogP contribution >= 0.6 is 11.6 Å². The highest BCUT2D eigenvalue weighted by molar-refractivity contribution is 7.90. The minimum absolute atomic E-state index is 0.0350. The Kier molecular flexibility index (Phi) is 5.70. The molecular weight excluding hydrogens is 449 g/mol. The van der Waals surface area contributed by atoms with Crippen molar-refractivity contribution in [3.05, 3.63) is 58.1 Å². The number of carbonyl (C=O) groups is 2. The van der Waals surface area contributed by atoms with Gasteiger partial charge in [-0.15, -0.1) is 13.2 Å². The summed E-state index contributed by atoms with van der Waals surface area (Å²) in [6, 6.07) is 7.51. The highest BCUT2D eigenvalue weighted by atomic mass is 35.5. The summed E-state index contributed by atoms with van der Waals surface area (Å²) < 4.78 is 66.9. The summed E-state index contributed by atoms with van der Waals surface area (Å²) in [6.45, 7) is 1.18. The lowest BCUT2D eigenvalue weighted by Crippen LogP contribution is -2.28. The summed E-state index contributed by atoms with van der Waals surface area (Å²) >= 11 is 5.83. The van der Waals surface area contributed by atoms with Crippen LogP contribution < -0.4 is 9.46 Å². The van der Waals surface area contributed by atoms with E-state index in [-0.39, 0.29) is 28.9 Å². The maximum Gasteiger partial charge on any atom is 0.573 e. The number of sulfonamides is 1. The van der Waals surface area contributed by atoms with Gasteiger partial charge >= 0.3 is 6.36 Å². The molecule has 12 heteroatoms. The zero-order chi connectivity index (χ0) is 22.3. The van der Waals surface area contributed by atoms with E-state index in [1.807, 2.05) is 4.72 Å². The zero-order valence-corrected chi connectivity index (χ0v) is 16.9. The van der Waals surface area contributed by atoms with Crippen molar-refractivity contribution in [1.82, 2.24) is 9.62 Å². The molecule has 0 atom stereocenters. The number of nitrogens with zero attached hydrogens (tertiary/aromatic N) is 1. The van der Waals surface area contributed by atoms with Crippen LogP contribution in [-0.4, -0.2) is 31.5 Å². The molecular formula is C18H14ClF3N2O5S. The normalized spacial score (nSPS) is 13.9. The number of benzene rings is 2. The van der Waals surface area contributed by atoms with Crippen LogP contribution in [0.2, 0.25) is 5.02 Å². The number of hydrogen-bond donors (Lipinski definition) is 1. The van der Waals surface area contributed by atoms with Crippen molar-refractivity contribution in [3.63, 3.8) is 0 Å². The number of ether oxygens (including phenoxy) is 1. The molecule has 30 heavy (non-hydrogen) atoms. The highest BCUT2D eigenvalue weighted by Crippen LogP contribution is 2.32. The Morgan fingerprint density at radius 1 is 1.23 bits per heavy atom. The Bertz CT molecular complexity index is 1140. The fraction of sp³-hybridized carbons (Fsp3) is 0.222. The van der Waals surface area contributed by atoms with Crippen LogP contribution in [0.25, 0.3) is 0 Å². The molecule has 1 heterocycles. The molecule has 0 saturated heterocycles. The number of alkyl halides is 3. The third-order valence-electron chi connectivity index (χ3n) is 4.14. The molecule has 160 valence electrons. The van der Waals surface area contributed by atoms with E-state index in [9.17, 15) is 31.2 Å². The van der Waals surface area contributed by atoms with Crippen molar-refractivity contribution in [2.75, 3.05) is 0 Å². The van der Waals surface area contributed by atoms with Gasteiger partial charge in [-0.25, -0.2) is 13.1 Å². The van der Waals surface area contributed by atoms with E-state index in [2.05, 4.69) is 4.74 Å². The quantitative estimate of drug-likeness (QED) is 0.736. The first-order chi connectivity index (χ1) is 13.9. The van der Waals surface area contributed by atoms with Crippen molar-refractivity contribution < 1.29 is 35.9 Å². The zero-order valence-electron chi connectivity index (χ0n) is 15.3. The fourth-order valence-corrected chi connectivity index (χ4v) is 4.25. The van der Waals surface area contributed by atoms with Gasteiger partial charge in [0.15, 0.2) is 0 Å². The lowest BCUT2D eigenvalue weighted by atomic mass is 10.1. The molecule has 0 unspecified atom stereocenters. The Labute approximate surface area is 174 Å². The summed E-state index contributed by atoms with van der Waals surface area (Å²) in [6.07, 6.45) is -4.88. The van der Waals surface area contributed by atoms with Crippen molar-refractivity contribution >= 4 is 33.4 Å². The lowest BCUT2D eigenvalue weighted by Gasteiger charge is -2.17. The van der Waals surface area contributed by atoms with Crippen molar-refractivity contribution in [2.45, 2.75) is 31.3 Å². The summed E-state index contributed by atoms with van der Waals surface area (Å²) in [5.41, 5.74) is 1.19. The van der Waals surface area contributed by atoms with Crippen LogP contribution in [0.15, 0.2) is 41.3 Å². The van der Waals surface area contributed by atoms with E-state index in [4.69, 9.17) is 11.6 Å². The van der Waals surface area contributed by atoms with Gasteiger partial charge in [0.25, 0.3) is 15.9 Å². The smallest absolute Gasteiger partial charge is 0.404 e. The molecule has 1 aliphatic rings. The number of fused-ring (bicyclic) bond motifs is 1. The molecule has 0 aliphatic carbocycles. The standard InChI is InChI=1S/C18H14ClF3N2O5S/c1-10(25)23-30(27,28)13-3-4-14-12(7-13)9-24(17(14)26)8-11-2-5-16(15(19)6-11)29-18(20,21)22/h2-7H,8-9H2,1H3,(H,23,25). The van der Waals surface area contributed by atoms with Crippen molar-refractivity contribution in [1.29, 1.82) is 0 Å². The lowest BCUT2D eigenvalue weighted by molar-refractivity contribution is -0.274. The van der Waals surface area contributed by atoms with Gasteiger partial charge in [-0.3, -0.25) is 9.59 Å². The molecule has 0 bridgehead atoms. The molecule has 0 spiro atoms. The molecule has 0 fully saturated rings. The van der Waals surface area contributed by atoms with E-state index >= 15 is 0 Å². The molecule has 1 N–H and O–H groups in total. The number of nitrogens with one attached hydrogen (secondary N) is 1. The first-order valence-electron chi connectivity index (χ1n) is 8.35. The summed E-state index contributed by atoms with van der Waals surface area (Å²) in [5.74, 6) is -1.68. The number of amides is 2. The predicted molar refractivity (Wildman–Crippen MR) is 99.2 cm³/mol. The number of carbonyl (C=O) groups excluding carboxylic acids is 2. The predicted octanol–water partition coefficient (Wildman–Crippen LogP) is 3.22. The molecule has 2 amide bonds. The first-order valence-corrected chi connectivity index (χ1v) is 10.2. The molecule has 1 aliphatic heterocycles. The Morgan fingerprint density at radius 2 is 1.93 bits per heavy atom. The van der Waals surface area contributed by atoms with E-state index in [1.54, 1.807) is 0 Å². The Hall–Kier alpha value is -2.79. The minimum Gasteiger partial charge on any atom is -0.404 e. The van der Waals surface area contributed by atoms with Crippen LogP contribution in [-0.2, 0) is 27.9 Å². The summed E-state index contributed by atoms with van der Waals surface area (Å²) in [7, 11) is -4.05.